The largest absolute Gasteiger partial charge is 0.486 e. The number of carboxylic acids is 1. The van der Waals surface area contributed by atoms with Crippen LogP contribution in [0.15, 0.2) is 54.6 Å². The smallest absolute Gasteiger partial charge is 0.416 e. The molecule has 4 nitrogen and oxygen atoms in total. The highest BCUT2D eigenvalue weighted by molar-refractivity contribution is 5.69. The molecule has 0 aliphatic rings. The van der Waals surface area contributed by atoms with E-state index in [0.717, 1.165) is 17.7 Å². The molecule has 0 bridgehead atoms. The third-order valence-corrected chi connectivity index (χ3v) is 4.14. The average Bonchev–Trinajstić information content (AvgIpc) is 2.64. The molecule has 0 spiro atoms. The number of halogens is 3. The Kier molecular flexibility index (Phi) is 7.24. The van der Waals surface area contributed by atoms with Gasteiger partial charge in [-0.05, 0) is 36.4 Å². The molecule has 2 rings (SSSR count). The normalized spacial score (nSPS) is 12.8. The Morgan fingerprint density at radius 1 is 1.11 bits per heavy atom. The Morgan fingerprint density at radius 2 is 1.74 bits per heavy atom. The van der Waals surface area contributed by atoms with Crippen molar-refractivity contribution in [3.05, 3.63) is 65.7 Å². The van der Waals surface area contributed by atoms with Crippen LogP contribution in [-0.4, -0.2) is 35.6 Å². The monoisotopic (exact) mass is 381 g/mol. The average molecular weight is 381 g/mol. The summed E-state index contributed by atoms with van der Waals surface area (Å²) in [5.74, 6) is -0.574. The van der Waals surface area contributed by atoms with Gasteiger partial charge in [-0.15, -0.1) is 0 Å². The molecule has 146 valence electrons. The van der Waals surface area contributed by atoms with Gasteiger partial charge in [0.2, 0.25) is 0 Å². The first kappa shape index (κ1) is 20.8. The Bertz CT molecular complexity index is 718. The highest BCUT2D eigenvalue weighted by Gasteiger charge is 2.30. The van der Waals surface area contributed by atoms with Crippen molar-refractivity contribution in [2.24, 2.45) is 0 Å². The quantitative estimate of drug-likeness (QED) is 0.689. The minimum absolute atomic E-state index is 0.0711. The summed E-state index contributed by atoms with van der Waals surface area (Å²) in [5.41, 5.74) is 0.147. The van der Waals surface area contributed by atoms with E-state index in [9.17, 15) is 18.0 Å². The second kappa shape index (κ2) is 9.41. The Balaban J connectivity index is 2.12. The van der Waals surface area contributed by atoms with Crippen molar-refractivity contribution >= 4 is 5.97 Å². The zero-order chi connectivity index (χ0) is 19.9. The van der Waals surface area contributed by atoms with Gasteiger partial charge in [0.25, 0.3) is 0 Å². The van der Waals surface area contributed by atoms with Crippen LogP contribution >= 0.6 is 0 Å². The number of carbonyl (C=O) groups is 1. The Morgan fingerprint density at radius 3 is 2.26 bits per heavy atom. The molecule has 0 radical (unpaired) electrons. The molecule has 0 aromatic heterocycles. The summed E-state index contributed by atoms with van der Waals surface area (Å²) in [4.78, 5) is 12.7. The Hall–Kier alpha value is -2.54. The van der Waals surface area contributed by atoms with E-state index in [1.807, 2.05) is 37.3 Å². The lowest BCUT2D eigenvalue weighted by atomic mass is 10.1. The van der Waals surface area contributed by atoms with Gasteiger partial charge in [-0.25, -0.2) is 0 Å². The van der Waals surface area contributed by atoms with Crippen molar-refractivity contribution in [1.29, 1.82) is 0 Å². The predicted molar refractivity (Wildman–Crippen MR) is 95.6 cm³/mol. The number of hydrogen-bond acceptors (Lipinski definition) is 3. The first-order chi connectivity index (χ1) is 12.8. The predicted octanol–water partition coefficient (Wildman–Crippen LogP) is 4.62. The van der Waals surface area contributed by atoms with Gasteiger partial charge in [0, 0.05) is 13.0 Å². The molecule has 7 heteroatoms. The molecule has 0 amide bonds. The molecule has 0 heterocycles. The molecule has 2 aromatic rings. The number of alkyl halides is 3. The summed E-state index contributed by atoms with van der Waals surface area (Å²) in [6.07, 6.45) is -4.28. The van der Waals surface area contributed by atoms with E-state index in [-0.39, 0.29) is 6.54 Å². The molecule has 27 heavy (non-hydrogen) atoms. The standard InChI is InChI=1S/C20H22F3NO3/c1-2-24(14-19(25)26)13-12-18(15-6-4-3-5-7-15)27-17-10-8-16(9-11-17)20(21,22)23/h3-11,18H,2,12-14H2,1H3,(H,25,26)/t18-/m1/s1. The molecular weight excluding hydrogens is 359 g/mol. The number of hydrogen-bond donors (Lipinski definition) is 1. The van der Waals surface area contributed by atoms with Crippen molar-refractivity contribution in [3.8, 4) is 5.75 Å². The number of ether oxygens (including phenoxy) is 1. The fraction of sp³-hybridized carbons (Fsp3) is 0.350. The lowest BCUT2D eigenvalue weighted by Crippen LogP contribution is -2.31. The highest BCUT2D eigenvalue weighted by Crippen LogP contribution is 2.32. The number of rotatable bonds is 9. The fourth-order valence-corrected chi connectivity index (χ4v) is 2.69. The van der Waals surface area contributed by atoms with Crippen LogP contribution in [0.5, 0.6) is 5.75 Å². The van der Waals surface area contributed by atoms with E-state index < -0.39 is 23.8 Å². The molecule has 1 N–H and O–H groups in total. The Labute approximate surface area is 156 Å². The van der Waals surface area contributed by atoms with Crippen LogP contribution in [-0.2, 0) is 11.0 Å². The zero-order valence-corrected chi connectivity index (χ0v) is 14.9. The van der Waals surface area contributed by atoms with Gasteiger partial charge in [0.15, 0.2) is 0 Å². The molecule has 0 aliphatic heterocycles. The van der Waals surface area contributed by atoms with Gasteiger partial charge >= 0.3 is 12.1 Å². The van der Waals surface area contributed by atoms with Crippen LogP contribution in [0.25, 0.3) is 0 Å². The van der Waals surface area contributed by atoms with E-state index in [0.29, 0.717) is 25.3 Å². The van der Waals surface area contributed by atoms with Gasteiger partial charge in [-0.3, -0.25) is 9.69 Å². The van der Waals surface area contributed by atoms with Crippen LogP contribution in [0.4, 0.5) is 13.2 Å². The lowest BCUT2D eigenvalue weighted by molar-refractivity contribution is -0.139. The zero-order valence-electron chi connectivity index (χ0n) is 14.9. The highest BCUT2D eigenvalue weighted by atomic mass is 19.4. The van der Waals surface area contributed by atoms with Crippen molar-refractivity contribution < 1.29 is 27.8 Å². The van der Waals surface area contributed by atoms with E-state index in [4.69, 9.17) is 9.84 Å². The molecule has 0 fully saturated rings. The molecule has 0 saturated heterocycles. The third-order valence-electron chi connectivity index (χ3n) is 4.14. The summed E-state index contributed by atoms with van der Waals surface area (Å²) in [5, 5.41) is 8.96. The van der Waals surface area contributed by atoms with Gasteiger partial charge in [0.05, 0.1) is 12.1 Å². The summed E-state index contributed by atoms with van der Waals surface area (Å²) >= 11 is 0. The van der Waals surface area contributed by atoms with Crippen molar-refractivity contribution in [2.45, 2.75) is 25.6 Å². The fourth-order valence-electron chi connectivity index (χ4n) is 2.69. The molecular formula is C20H22F3NO3. The molecule has 0 unspecified atom stereocenters. The maximum Gasteiger partial charge on any atom is 0.416 e. The molecule has 0 aliphatic carbocycles. The van der Waals surface area contributed by atoms with Gasteiger partial charge < -0.3 is 9.84 Å². The summed E-state index contributed by atoms with van der Waals surface area (Å²) in [6.45, 7) is 2.87. The summed E-state index contributed by atoms with van der Waals surface area (Å²) < 4.78 is 44.0. The minimum Gasteiger partial charge on any atom is -0.486 e. The van der Waals surface area contributed by atoms with Gasteiger partial charge in [0.1, 0.15) is 11.9 Å². The summed E-state index contributed by atoms with van der Waals surface area (Å²) in [6, 6.07) is 13.9. The number of carboxylic acid groups (broad SMARTS) is 1. The molecule has 1 atom stereocenters. The SMILES string of the molecule is CCN(CC[C@@H](Oc1ccc(C(F)(F)F)cc1)c1ccccc1)CC(=O)O. The topological polar surface area (TPSA) is 49.8 Å². The first-order valence-electron chi connectivity index (χ1n) is 8.62. The molecule has 2 aromatic carbocycles. The second-order valence-corrected chi connectivity index (χ2v) is 6.09. The number of likely N-dealkylation sites (N-methyl/N-ethyl adjacent to an activating group) is 1. The van der Waals surface area contributed by atoms with Gasteiger partial charge in [-0.2, -0.15) is 13.2 Å². The van der Waals surface area contributed by atoms with E-state index in [1.54, 1.807) is 4.90 Å². The van der Waals surface area contributed by atoms with Gasteiger partial charge in [-0.1, -0.05) is 37.3 Å². The van der Waals surface area contributed by atoms with Crippen molar-refractivity contribution in [1.82, 2.24) is 4.90 Å². The third kappa shape index (κ3) is 6.60. The van der Waals surface area contributed by atoms with Crippen LogP contribution in [0.1, 0.15) is 30.6 Å². The lowest BCUT2D eigenvalue weighted by Gasteiger charge is -2.24. The van der Waals surface area contributed by atoms with E-state index in [2.05, 4.69) is 0 Å². The number of benzene rings is 2. The van der Waals surface area contributed by atoms with Crippen LogP contribution < -0.4 is 4.74 Å². The molecule has 0 saturated carbocycles. The van der Waals surface area contributed by atoms with Crippen molar-refractivity contribution in [3.63, 3.8) is 0 Å². The number of nitrogens with zero attached hydrogens (tertiary/aromatic N) is 1. The van der Waals surface area contributed by atoms with Crippen molar-refractivity contribution in [2.75, 3.05) is 19.6 Å². The van der Waals surface area contributed by atoms with E-state index >= 15 is 0 Å². The van der Waals surface area contributed by atoms with Crippen LogP contribution in [0.2, 0.25) is 0 Å². The van der Waals surface area contributed by atoms with Crippen LogP contribution in [0, 0.1) is 0 Å². The number of aliphatic carboxylic acids is 1. The van der Waals surface area contributed by atoms with E-state index in [1.165, 1.54) is 12.1 Å². The first-order valence-corrected chi connectivity index (χ1v) is 8.62. The maximum absolute atomic E-state index is 12.7. The van der Waals surface area contributed by atoms with Crippen LogP contribution in [0.3, 0.4) is 0 Å². The minimum atomic E-state index is -4.39. The maximum atomic E-state index is 12.7. The second-order valence-electron chi connectivity index (χ2n) is 6.09. The summed E-state index contributed by atoms with van der Waals surface area (Å²) in [7, 11) is 0.